The number of ether oxygens (including phenoxy) is 1. The van der Waals surface area contributed by atoms with Gasteiger partial charge in [0.1, 0.15) is 17.4 Å². The van der Waals surface area contributed by atoms with Gasteiger partial charge in [0.25, 0.3) is 0 Å². The van der Waals surface area contributed by atoms with Gasteiger partial charge in [-0.1, -0.05) is 18.9 Å². The van der Waals surface area contributed by atoms with Crippen LogP contribution in [0, 0.1) is 0 Å². The highest BCUT2D eigenvalue weighted by Crippen LogP contribution is 2.23. The maximum atomic E-state index is 10.5. The molecular formula is C18H23N3O3. The lowest BCUT2D eigenvalue weighted by Gasteiger charge is -2.22. The first kappa shape index (κ1) is 17.7. The highest BCUT2D eigenvalue weighted by atomic mass is 16.5. The molecule has 2 aromatic rings. The zero-order valence-electron chi connectivity index (χ0n) is 13.9. The summed E-state index contributed by atoms with van der Waals surface area (Å²) in [6.45, 7) is 0.781. The summed E-state index contributed by atoms with van der Waals surface area (Å²) in [5, 5.41) is 8.66. The van der Waals surface area contributed by atoms with Crippen molar-refractivity contribution in [2.45, 2.75) is 32.1 Å². The van der Waals surface area contributed by atoms with E-state index in [0.717, 1.165) is 43.9 Å². The van der Waals surface area contributed by atoms with Crippen molar-refractivity contribution >= 4 is 17.6 Å². The Kier molecular flexibility index (Phi) is 7.01. The normalized spacial score (nSPS) is 10.4. The molecule has 6 nitrogen and oxygen atoms in total. The first-order valence-corrected chi connectivity index (χ1v) is 8.11. The van der Waals surface area contributed by atoms with Crippen LogP contribution in [0.1, 0.15) is 32.1 Å². The van der Waals surface area contributed by atoms with E-state index in [-0.39, 0.29) is 6.42 Å². The predicted octanol–water partition coefficient (Wildman–Crippen LogP) is 3.66. The smallest absolute Gasteiger partial charge is 0.303 e. The van der Waals surface area contributed by atoms with Crippen LogP contribution in [0.3, 0.4) is 0 Å². The minimum absolute atomic E-state index is 0.240. The average Bonchev–Trinajstić information content (AvgIpc) is 2.62. The Bertz CT molecular complexity index is 617. The number of methoxy groups -OCH3 is 1. The molecule has 2 rings (SSSR count). The SMILES string of the molecule is COc1ccc(N(CCCCCCC(=O)O)c2ccccn2)nc1. The largest absolute Gasteiger partial charge is 0.495 e. The molecule has 0 aliphatic rings. The second-order valence-electron chi connectivity index (χ2n) is 5.45. The van der Waals surface area contributed by atoms with Gasteiger partial charge < -0.3 is 14.7 Å². The Hall–Kier alpha value is -2.63. The second kappa shape index (κ2) is 9.50. The Balaban J connectivity index is 1.97. The minimum Gasteiger partial charge on any atom is -0.495 e. The lowest BCUT2D eigenvalue weighted by atomic mass is 10.1. The molecule has 24 heavy (non-hydrogen) atoms. The van der Waals surface area contributed by atoms with Crippen molar-refractivity contribution in [3.63, 3.8) is 0 Å². The standard InChI is InChI=1S/C18H23N3O3/c1-24-15-10-11-17(20-14-15)21(16-8-5-6-12-19-16)13-7-3-2-4-9-18(22)23/h5-6,8,10-12,14H,2-4,7,9,13H2,1H3,(H,22,23). The van der Waals surface area contributed by atoms with Gasteiger partial charge >= 0.3 is 5.97 Å². The van der Waals surface area contributed by atoms with Crippen LogP contribution in [0.5, 0.6) is 5.75 Å². The molecule has 128 valence electrons. The number of carboxylic acids is 1. The van der Waals surface area contributed by atoms with Crippen LogP contribution in [0.15, 0.2) is 42.7 Å². The summed E-state index contributed by atoms with van der Waals surface area (Å²) < 4.78 is 5.15. The summed E-state index contributed by atoms with van der Waals surface area (Å²) in [6, 6.07) is 9.58. The molecule has 0 aromatic carbocycles. The van der Waals surface area contributed by atoms with Crippen molar-refractivity contribution in [1.82, 2.24) is 9.97 Å². The number of pyridine rings is 2. The lowest BCUT2D eigenvalue weighted by molar-refractivity contribution is -0.137. The third kappa shape index (κ3) is 5.53. The predicted molar refractivity (Wildman–Crippen MR) is 92.8 cm³/mol. The molecule has 0 saturated carbocycles. The van der Waals surface area contributed by atoms with E-state index in [0.29, 0.717) is 5.75 Å². The highest BCUT2D eigenvalue weighted by Gasteiger charge is 2.11. The van der Waals surface area contributed by atoms with Crippen LogP contribution in [0.4, 0.5) is 11.6 Å². The Morgan fingerprint density at radius 1 is 1.08 bits per heavy atom. The van der Waals surface area contributed by atoms with Gasteiger partial charge in [0.2, 0.25) is 0 Å². The van der Waals surface area contributed by atoms with Crippen molar-refractivity contribution in [3.05, 3.63) is 42.7 Å². The fourth-order valence-electron chi connectivity index (χ4n) is 2.41. The van der Waals surface area contributed by atoms with Gasteiger partial charge in [-0.15, -0.1) is 0 Å². The van der Waals surface area contributed by atoms with E-state index >= 15 is 0 Å². The summed E-state index contributed by atoms with van der Waals surface area (Å²) in [5.74, 6) is 1.65. The van der Waals surface area contributed by atoms with Gasteiger partial charge in [0.05, 0.1) is 13.3 Å². The molecule has 6 heteroatoms. The van der Waals surface area contributed by atoms with Gasteiger partial charge in [0.15, 0.2) is 0 Å². The second-order valence-corrected chi connectivity index (χ2v) is 5.45. The Morgan fingerprint density at radius 3 is 2.50 bits per heavy atom. The van der Waals surface area contributed by atoms with Crippen LogP contribution in [-0.2, 0) is 4.79 Å². The summed E-state index contributed by atoms with van der Waals surface area (Å²) in [4.78, 5) is 21.5. The zero-order valence-corrected chi connectivity index (χ0v) is 13.9. The number of carbonyl (C=O) groups is 1. The molecule has 0 aliphatic carbocycles. The number of aliphatic carboxylic acids is 1. The van der Waals surface area contributed by atoms with E-state index in [4.69, 9.17) is 9.84 Å². The molecule has 0 amide bonds. The van der Waals surface area contributed by atoms with Crippen molar-refractivity contribution in [2.75, 3.05) is 18.6 Å². The number of unbranched alkanes of at least 4 members (excludes halogenated alkanes) is 3. The summed E-state index contributed by atoms with van der Waals surface area (Å²) in [6.07, 6.45) is 7.26. The van der Waals surface area contributed by atoms with E-state index in [1.807, 2.05) is 30.3 Å². The van der Waals surface area contributed by atoms with Crippen molar-refractivity contribution < 1.29 is 14.6 Å². The van der Waals surface area contributed by atoms with Gasteiger partial charge in [-0.2, -0.15) is 0 Å². The number of nitrogens with zero attached hydrogens (tertiary/aromatic N) is 3. The van der Waals surface area contributed by atoms with Crippen molar-refractivity contribution in [2.24, 2.45) is 0 Å². The van der Waals surface area contributed by atoms with Gasteiger partial charge in [-0.05, 0) is 37.1 Å². The highest BCUT2D eigenvalue weighted by molar-refractivity contribution is 5.66. The monoisotopic (exact) mass is 329 g/mol. The fourth-order valence-corrected chi connectivity index (χ4v) is 2.41. The van der Waals surface area contributed by atoms with Crippen molar-refractivity contribution in [1.29, 1.82) is 0 Å². The van der Waals surface area contributed by atoms with Crippen LogP contribution in [0.25, 0.3) is 0 Å². The maximum absolute atomic E-state index is 10.5. The van der Waals surface area contributed by atoms with Crippen LogP contribution in [-0.4, -0.2) is 34.7 Å². The van der Waals surface area contributed by atoms with Gasteiger partial charge in [0, 0.05) is 19.2 Å². The third-order valence-corrected chi connectivity index (χ3v) is 3.68. The molecule has 0 bridgehead atoms. The van der Waals surface area contributed by atoms with E-state index < -0.39 is 5.97 Å². The quantitative estimate of drug-likeness (QED) is 0.670. The van der Waals surface area contributed by atoms with E-state index in [1.54, 1.807) is 19.5 Å². The van der Waals surface area contributed by atoms with Gasteiger partial charge in [-0.25, -0.2) is 9.97 Å². The topological polar surface area (TPSA) is 75.5 Å². The van der Waals surface area contributed by atoms with Crippen LogP contribution in [0.2, 0.25) is 0 Å². The number of hydrogen-bond donors (Lipinski definition) is 1. The number of aromatic nitrogens is 2. The molecule has 1 N–H and O–H groups in total. The minimum atomic E-state index is -0.729. The summed E-state index contributed by atoms with van der Waals surface area (Å²) >= 11 is 0. The average molecular weight is 329 g/mol. The molecule has 0 saturated heterocycles. The van der Waals surface area contributed by atoms with Gasteiger partial charge in [-0.3, -0.25) is 4.79 Å². The number of hydrogen-bond acceptors (Lipinski definition) is 5. The Labute approximate surface area is 142 Å². The number of carboxylic acid groups (broad SMARTS) is 1. The molecule has 0 spiro atoms. The zero-order chi connectivity index (χ0) is 17.2. The lowest BCUT2D eigenvalue weighted by Crippen LogP contribution is -2.20. The van der Waals surface area contributed by atoms with E-state index in [9.17, 15) is 4.79 Å². The molecule has 0 radical (unpaired) electrons. The van der Waals surface area contributed by atoms with E-state index in [1.165, 1.54) is 0 Å². The molecule has 0 unspecified atom stereocenters. The summed E-state index contributed by atoms with van der Waals surface area (Å²) in [7, 11) is 1.62. The summed E-state index contributed by atoms with van der Waals surface area (Å²) in [5.41, 5.74) is 0. The number of anilines is 2. The molecular weight excluding hydrogens is 306 g/mol. The van der Waals surface area contributed by atoms with E-state index in [2.05, 4.69) is 14.9 Å². The first-order chi connectivity index (χ1) is 11.7. The molecule has 0 fully saturated rings. The molecule has 0 atom stereocenters. The third-order valence-electron chi connectivity index (χ3n) is 3.68. The number of rotatable bonds is 10. The van der Waals surface area contributed by atoms with Crippen LogP contribution < -0.4 is 9.64 Å². The molecule has 0 aliphatic heterocycles. The van der Waals surface area contributed by atoms with Crippen LogP contribution >= 0.6 is 0 Å². The fraction of sp³-hybridized carbons (Fsp3) is 0.389. The Morgan fingerprint density at radius 2 is 1.88 bits per heavy atom. The van der Waals surface area contributed by atoms with Crippen molar-refractivity contribution in [3.8, 4) is 5.75 Å². The molecule has 2 aromatic heterocycles. The first-order valence-electron chi connectivity index (χ1n) is 8.11. The molecule has 2 heterocycles. The maximum Gasteiger partial charge on any atom is 0.303 e.